The van der Waals surface area contributed by atoms with Crippen molar-refractivity contribution in [2.24, 2.45) is 5.10 Å². The molecule has 0 unspecified atom stereocenters. The number of anilines is 1. The van der Waals surface area contributed by atoms with E-state index in [1.54, 1.807) is 19.1 Å². The molecule has 0 bridgehead atoms. The van der Waals surface area contributed by atoms with Crippen LogP contribution in [0.25, 0.3) is 0 Å². The second-order valence-electron chi connectivity index (χ2n) is 3.32. The van der Waals surface area contributed by atoms with E-state index in [1.807, 2.05) is 0 Å². The summed E-state index contributed by atoms with van der Waals surface area (Å²) in [6.07, 6.45) is 0. The van der Waals surface area contributed by atoms with Crippen molar-refractivity contribution in [3.8, 4) is 12.1 Å². The van der Waals surface area contributed by atoms with E-state index in [0.717, 1.165) is 0 Å². The van der Waals surface area contributed by atoms with Crippen LogP contribution in [0.15, 0.2) is 34.3 Å². The summed E-state index contributed by atoms with van der Waals surface area (Å²) >= 11 is 0. The van der Waals surface area contributed by atoms with Gasteiger partial charge in [0.05, 0.1) is 10.6 Å². The van der Waals surface area contributed by atoms with Gasteiger partial charge in [-0.05, 0) is 24.3 Å². The van der Waals surface area contributed by atoms with Crippen LogP contribution in [0.4, 0.5) is 5.69 Å². The topological polar surface area (TPSA) is 118 Å². The van der Waals surface area contributed by atoms with Crippen molar-refractivity contribution in [3.05, 3.63) is 24.3 Å². The van der Waals surface area contributed by atoms with E-state index >= 15 is 0 Å². The molecule has 0 aliphatic heterocycles. The van der Waals surface area contributed by atoms with Crippen molar-refractivity contribution >= 4 is 21.4 Å². The lowest BCUT2D eigenvalue weighted by Crippen LogP contribution is -2.22. The summed E-state index contributed by atoms with van der Waals surface area (Å²) in [5.74, 6) is 0. The van der Waals surface area contributed by atoms with Gasteiger partial charge in [0.25, 0.3) is 0 Å². The third kappa shape index (κ3) is 4.07. The summed E-state index contributed by atoms with van der Waals surface area (Å²) in [7, 11) is -3.49. The summed E-state index contributed by atoms with van der Waals surface area (Å²) in [6.45, 7) is 1.99. The molecule has 0 radical (unpaired) electrons. The molecule has 98 valence electrons. The maximum absolute atomic E-state index is 11.7. The summed E-state index contributed by atoms with van der Waals surface area (Å²) in [5, 5.41) is 20.5. The maximum atomic E-state index is 11.7. The van der Waals surface area contributed by atoms with Crippen LogP contribution >= 0.6 is 0 Å². The van der Waals surface area contributed by atoms with Gasteiger partial charge in [-0.3, -0.25) is 5.43 Å². The zero-order chi connectivity index (χ0) is 14.3. The Labute approximate surface area is 111 Å². The highest BCUT2D eigenvalue weighted by atomic mass is 32.2. The lowest BCUT2D eigenvalue weighted by atomic mass is 10.3. The largest absolute Gasteiger partial charge is 0.277 e. The monoisotopic (exact) mass is 277 g/mol. The fourth-order valence-electron chi connectivity index (χ4n) is 1.18. The van der Waals surface area contributed by atoms with Crippen LogP contribution in [-0.4, -0.2) is 20.7 Å². The fourth-order valence-corrected chi connectivity index (χ4v) is 2.22. The highest BCUT2D eigenvalue weighted by Crippen LogP contribution is 2.13. The Morgan fingerprint density at radius 3 is 2.32 bits per heavy atom. The van der Waals surface area contributed by atoms with E-state index in [-0.39, 0.29) is 10.6 Å². The van der Waals surface area contributed by atoms with E-state index < -0.39 is 10.0 Å². The van der Waals surface area contributed by atoms with Crippen molar-refractivity contribution in [3.63, 3.8) is 0 Å². The molecule has 8 heteroatoms. The van der Waals surface area contributed by atoms with Crippen molar-refractivity contribution < 1.29 is 8.42 Å². The van der Waals surface area contributed by atoms with Gasteiger partial charge >= 0.3 is 0 Å². The van der Waals surface area contributed by atoms with Gasteiger partial charge in [0.15, 0.2) is 0 Å². The first-order valence-electron chi connectivity index (χ1n) is 5.27. The Hall–Kier alpha value is -2.42. The second-order valence-corrected chi connectivity index (χ2v) is 5.09. The van der Waals surface area contributed by atoms with E-state index in [4.69, 9.17) is 10.5 Å². The van der Waals surface area contributed by atoms with Gasteiger partial charge < -0.3 is 0 Å². The number of hydrogen-bond donors (Lipinski definition) is 2. The third-order valence-electron chi connectivity index (χ3n) is 2.01. The minimum absolute atomic E-state index is 0.129. The molecule has 0 aliphatic carbocycles. The van der Waals surface area contributed by atoms with Gasteiger partial charge in [-0.2, -0.15) is 15.6 Å². The summed E-state index contributed by atoms with van der Waals surface area (Å²) in [4.78, 5) is 0.129. The first kappa shape index (κ1) is 14.6. The molecule has 7 nitrogen and oxygen atoms in total. The molecule has 0 aliphatic rings. The molecular formula is C11H11N5O2S. The molecular weight excluding hydrogens is 266 g/mol. The lowest BCUT2D eigenvalue weighted by Gasteiger charge is -2.05. The minimum atomic E-state index is -3.49. The minimum Gasteiger partial charge on any atom is -0.277 e. The van der Waals surface area contributed by atoms with Gasteiger partial charge in [-0.15, -0.1) is 0 Å². The molecule has 0 saturated heterocycles. The first-order valence-corrected chi connectivity index (χ1v) is 6.75. The standard InChI is InChI=1S/C11H11N5O2S/c1-2-14-19(17,18)11-5-3-9(4-6-11)15-16-10(7-12)8-13/h3-6,14-15H,2H2,1H3. The van der Waals surface area contributed by atoms with Gasteiger partial charge in [0.1, 0.15) is 12.1 Å². The molecule has 0 atom stereocenters. The molecule has 1 aromatic rings. The average molecular weight is 277 g/mol. The molecule has 0 heterocycles. The summed E-state index contributed by atoms with van der Waals surface area (Å²) < 4.78 is 25.7. The van der Waals surface area contributed by atoms with E-state index in [1.165, 1.54) is 24.3 Å². The fraction of sp³-hybridized carbons (Fsp3) is 0.182. The highest BCUT2D eigenvalue weighted by Gasteiger charge is 2.11. The van der Waals surface area contributed by atoms with Crippen LogP contribution in [0.2, 0.25) is 0 Å². The average Bonchev–Trinajstić information content (AvgIpc) is 2.40. The zero-order valence-corrected chi connectivity index (χ0v) is 10.9. The molecule has 19 heavy (non-hydrogen) atoms. The van der Waals surface area contributed by atoms with Crippen molar-refractivity contribution in [2.45, 2.75) is 11.8 Å². The quantitative estimate of drug-likeness (QED) is 0.609. The number of hydrogen-bond acceptors (Lipinski definition) is 6. The summed E-state index contributed by atoms with van der Waals surface area (Å²) in [5.41, 5.74) is 2.64. The van der Waals surface area contributed by atoms with E-state index in [9.17, 15) is 8.42 Å². The number of hydrazone groups is 1. The number of rotatable bonds is 5. The number of sulfonamides is 1. The Morgan fingerprint density at radius 1 is 1.26 bits per heavy atom. The van der Waals surface area contributed by atoms with Crippen molar-refractivity contribution in [1.29, 1.82) is 10.5 Å². The molecule has 0 spiro atoms. The molecule has 1 rings (SSSR count). The highest BCUT2D eigenvalue weighted by molar-refractivity contribution is 7.89. The normalized spacial score (nSPS) is 10.1. The predicted molar refractivity (Wildman–Crippen MR) is 69.6 cm³/mol. The van der Waals surface area contributed by atoms with Crippen molar-refractivity contribution in [2.75, 3.05) is 12.0 Å². The summed E-state index contributed by atoms with van der Waals surface area (Å²) in [6, 6.07) is 8.96. The zero-order valence-electron chi connectivity index (χ0n) is 10.1. The lowest BCUT2D eigenvalue weighted by molar-refractivity contribution is 0.584. The smallest absolute Gasteiger partial charge is 0.240 e. The van der Waals surface area contributed by atoms with Gasteiger partial charge in [0, 0.05) is 6.54 Å². The van der Waals surface area contributed by atoms with Gasteiger partial charge in [0.2, 0.25) is 15.7 Å². The van der Waals surface area contributed by atoms with E-state index in [2.05, 4.69) is 15.2 Å². The molecule has 2 N–H and O–H groups in total. The predicted octanol–water partition coefficient (Wildman–Crippen LogP) is 0.800. The van der Waals surface area contributed by atoms with Crippen LogP contribution in [-0.2, 0) is 10.0 Å². The maximum Gasteiger partial charge on any atom is 0.240 e. The number of benzene rings is 1. The Balaban J connectivity index is 2.87. The number of nitrogens with one attached hydrogen (secondary N) is 2. The van der Waals surface area contributed by atoms with Crippen LogP contribution in [0.5, 0.6) is 0 Å². The molecule has 0 fully saturated rings. The number of nitriles is 2. The van der Waals surface area contributed by atoms with Crippen LogP contribution in [0.1, 0.15) is 6.92 Å². The van der Waals surface area contributed by atoms with Gasteiger partial charge in [-0.1, -0.05) is 6.92 Å². The van der Waals surface area contributed by atoms with Crippen molar-refractivity contribution in [1.82, 2.24) is 4.72 Å². The Kier molecular flexibility index (Phi) is 5.01. The molecule has 1 aromatic carbocycles. The Morgan fingerprint density at radius 2 is 1.84 bits per heavy atom. The van der Waals surface area contributed by atoms with Gasteiger partial charge in [-0.25, -0.2) is 13.1 Å². The SMILES string of the molecule is CCNS(=O)(=O)c1ccc(NN=C(C#N)C#N)cc1. The van der Waals surface area contributed by atoms with Crippen LogP contribution in [0, 0.1) is 22.7 Å². The molecule has 0 amide bonds. The first-order chi connectivity index (χ1) is 9.03. The van der Waals surface area contributed by atoms with E-state index in [0.29, 0.717) is 12.2 Å². The van der Waals surface area contributed by atoms with Crippen LogP contribution < -0.4 is 10.1 Å². The molecule has 0 saturated carbocycles. The molecule has 0 aromatic heterocycles. The van der Waals surface area contributed by atoms with Crippen LogP contribution in [0.3, 0.4) is 0 Å². The third-order valence-corrected chi connectivity index (χ3v) is 3.57. The second kappa shape index (κ2) is 6.50. The number of nitrogens with zero attached hydrogens (tertiary/aromatic N) is 3. The Bertz CT molecular complexity index is 634.